The van der Waals surface area contributed by atoms with Crippen molar-refractivity contribution in [3.8, 4) is 0 Å². The van der Waals surface area contributed by atoms with Gasteiger partial charge in [-0.25, -0.2) is 8.78 Å². The van der Waals surface area contributed by atoms with E-state index in [4.69, 9.17) is 0 Å². The standard InChI is InChI=1S/C11H15F2N3/c12-11(13)10-3-1-2-9(15-10)8-16-6-4-14-5-7-16/h1-3,11,14H,4-8H2. The number of alkyl halides is 2. The number of nitrogens with one attached hydrogen (secondary N) is 1. The summed E-state index contributed by atoms with van der Waals surface area (Å²) >= 11 is 0. The third-order valence-corrected chi connectivity index (χ3v) is 2.65. The number of piperazine rings is 1. The van der Waals surface area contributed by atoms with Crippen LogP contribution in [0.25, 0.3) is 0 Å². The summed E-state index contributed by atoms with van der Waals surface area (Å²) in [4.78, 5) is 6.17. The van der Waals surface area contributed by atoms with E-state index in [2.05, 4.69) is 15.2 Å². The number of nitrogens with zero attached hydrogens (tertiary/aromatic N) is 2. The van der Waals surface area contributed by atoms with Gasteiger partial charge in [0.15, 0.2) is 0 Å². The van der Waals surface area contributed by atoms with E-state index in [1.807, 2.05) is 0 Å². The van der Waals surface area contributed by atoms with Crippen LogP contribution in [0.2, 0.25) is 0 Å². The van der Waals surface area contributed by atoms with E-state index < -0.39 is 6.43 Å². The first kappa shape index (κ1) is 11.4. The van der Waals surface area contributed by atoms with Gasteiger partial charge >= 0.3 is 0 Å². The van der Waals surface area contributed by atoms with Crippen LogP contribution in [-0.4, -0.2) is 36.1 Å². The second-order valence-electron chi connectivity index (χ2n) is 3.88. The first-order valence-electron chi connectivity index (χ1n) is 5.43. The SMILES string of the molecule is FC(F)c1cccc(CN2CCNCC2)n1. The van der Waals surface area contributed by atoms with E-state index in [-0.39, 0.29) is 5.69 Å². The minimum Gasteiger partial charge on any atom is -0.314 e. The van der Waals surface area contributed by atoms with E-state index >= 15 is 0 Å². The normalized spacial score (nSPS) is 17.9. The summed E-state index contributed by atoms with van der Waals surface area (Å²) in [5.41, 5.74) is 0.590. The third-order valence-electron chi connectivity index (χ3n) is 2.65. The molecule has 1 aliphatic heterocycles. The lowest BCUT2D eigenvalue weighted by atomic mass is 10.2. The van der Waals surface area contributed by atoms with Gasteiger partial charge in [-0.05, 0) is 12.1 Å². The Kier molecular flexibility index (Phi) is 3.79. The van der Waals surface area contributed by atoms with E-state index in [1.54, 1.807) is 12.1 Å². The molecule has 0 saturated carbocycles. The Labute approximate surface area is 93.5 Å². The monoisotopic (exact) mass is 227 g/mol. The molecule has 1 fully saturated rings. The summed E-state index contributed by atoms with van der Waals surface area (Å²) in [7, 11) is 0. The van der Waals surface area contributed by atoms with Crippen LogP contribution in [0, 0.1) is 0 Å². The van der Waals surface area contributed by atoms with Gasteiger partial charge in [0.05, 0.1) is 5.69 Å². The Morgan fingerprint density at radius 2 is 2.06 bits per heavy atom. The van der Waals surface area contributed by atoms with Crippen molar-refractivity contribution in [2.75, 3.05) is 26.2 Å². The minimum atomic E-state index is -2.48. The van der Waals surface area contributed by atoms with Crippen molar-refractivity contribution in [3.05, 3.63) is 29.6 Å². The van der Waals surface area contributed by atoms with Crippen LogP contribution in [0.5, 0.6) is 0 Å². The number of halogens is 2. The lowest BCUT2D eigenvalue weighted by molar-refractivity contribution is 0.145. The fraction of sp³-hybridized carbons (Fsp3) is 0.545. The predicted molar refractivity (Wildman–Crippen MR) is 57.3 cm³/mol. The zero-order valence-electron chi connectivity index (χ0n) is 9.00. The van der Waals surface area contributed by atoms with Crippen molar-refractivity contribution in [3.63, 3.8) is 0 Å². The molecule has 0 spiro atoms. The molecular weight excluding hydrogens is 212 g/mol. The molecule has 1 N–H and O–H groups in total. The lowest BCUT2D eigenvalue weighted by Crippen LogP contribution is -2.43. The van der Waals surface area contributed by atoms with E-state index in [1.165, 1.54) is 6.07 Å². The average molecular weight is 227 g/mol. The van der Waals surface area contributed by atoms with Crippen LogP contribution >= 0.6 is 0 Å². The molecule has 0 amide bonds. The van der Waals surface area contributed by atoms with Gasteiger partial charge in [-0.3, -0.25) is 9.88 Å². The molecular formula is C11H15F2N3. The number of rotatable bonds is 3. The molecule has 88 valence electrons. The maximum atomic E-state index is 12.4. The highest BCUT2D eigenvalue weighted by atomic mass is 19.3. The van der Waals surface area contributed by atoms with Gasteiger partial charge in [0.2, 0.25) is 0 Å². The van der Waals surface area contributed by atoms with Crippen LogP contribution < -0.4 is 5.32 Å². The van der Waals surface area contributed by atoms with Crippen LogP contribution in [0.1, 0.15) is 17.8 Å². The van der Waals surface area contributed by atoms with Gasteiger partial charge in [0, 0.05) is 32.7 Å². The molecule has 1 aliphatic rings. The van der Waals surface area contributed by atoms with Crippen LogP contribution in [0.4, 0.5) is 8.78 Å². The zero-order chi connectivity index (χ0) is 11.4. The largest absolute Gasteiger partial charge is 0.314 e. The molecule has 1 aromatic rings. The minimum absolute atomic E-state index is 0.132. The van der Waals surface area contributed by atoms with Crippen molar-refractivity contribution in [2.24, 2.45) is 0 Å². The van der Waals surface area contributed by atoms with Crippen LogP contribution in [-0.2, 0) is 6.54 Å². The molecule has 3 nitrogen and oxygen atoms in total. The Morgan fingerprint density at radius 3 is 2.75 bits per heavy atom. The molecule has 0 aliphatic carbocycles. The van der Waals surface area contributed by atoms with Crippen molar-refractivity contribution in [1.29, 1.82) is 0 Å². The predicted octanol–water partition coefficient (Wildman–Crippen LogP) is 1.42. The first-order valence-corrected chi connectivity index (χ1v) is 5.43. The summed E-state index contributed by atoms with van der Waals surface area (Å²) in [6.45, 7) is 4.45. The quantitative estimate of drug-likeness (QED) is 0.846. The summed E-state index contributed by atoms with van der Waals surface area (Å²) in [6, 6.07) is 4.81. The summed E-state index contributed by atoms with van der Waals surface area (Å²) in [6.07, 6.45) is -2.48. The number of pyridine rings is 1. The molecule has 2 rings (SSSR count). The molecule has 0 radical (unpaired) electrons. The van der Waals surface area contributed by atoms with Gasteiger partial charge < -0.3 is 5.32 Å². The van der Waals surface area contributed by atoms with Gasteiger partial charge in [-0.1, -0.05) is 6.07 Å². The van der Waals surface area contributed by atoms with Crippen molar-refractivity contribution >= 4 is 0 Å². The zero-order valence-corrected chi connectivity index (χ0v) is 9.00. The fourth-order valence-electron chi connectivity index (χ4n) is 1.81. The summed E-state index contributed by atoms with van der Waals surface area (Å²) in [5.74, 6) is 0. The number of aromatic nitrogens is 1. The van der Waals surface area contributed by atoms with Gasteiger partial charge in [0.25, 0.3) is 6.43 Å². The molecule has 1 saturated heterocycles. The maximum Gasteiger partial charge on any atom is 0.280 e. The Balaban J connectivity index is 2.00. The topological polar surface area (TPSA) is 28.2 Å². The highest BCUT2D eigenvalue weighted by Crippen LogP contribution is 2.16. The van der Waals surface area contributed by atoms with Crippen molar-refractivity contribution in [2.45, 2.75) is 13.0 Å². The van der Waals surface area contributed by atoms with E-state index in [0.29, 0.717) is 6.54 Å². The maximum absolute atomic E-state index is 12.4. The molecule has 0 bridgehead atoms. The smallest absolute Gasteiger partial charge is 0.280 e. The highest BCUT2D eigenvalue weighted by Gasteiger charge is 2.13. The average Bonchev–Trinajstić information content (AvgIpc) is 2.30. The molecule has 0 unspecified atom stereocenters. The Bertz CT molecular complexity index is 338. The van der Waals surface area contributed by atoms with E-state index in [9.17, 15) is 8.78 Å². The second kappa shape index (κ2) is 5.32. The molecule has 5 heteroatoms. The molecule has 0 aromatic carbocycles. The van der Waals surface area contributed by atoms with Crippen LogP contribution in [0.3, 0.4) is 0 Å². The fourth-order valence-corrected chi connectivity index (χ4v) is 1.81. The van der Waals surface area contributed by atoms with Gasteiger partial charge in [-0.2, -0.15) is 0 Å². The van der Waals surface area contributed by atoms with E-state index in [0.717, 1.165) is 31.9 Å². The van der Waals surface area contributed by atoms with Gasteiger partial charge in [0.1, 0.15) is 5.69 Å². The number of hydrogen-bond donors (Lipinski definition) is 1. The summed E-state index contributed by atoms with van der Waals surface area (Å²) < 4.78 is 24.9. The second-order valence-corrected chi connectivity index (χ2v) is 3.88. The van der Waals surface area contributed by atoms with Crippen molar-refractivity contribution < 1.29 is 8.78 Å². The highest BCUT2D eigenvalue weighted by molar-refractivity contribution is 5.12. The van der Waals surface area contributed by atoms with Crippen LogP contribution in [0.15, 0.2) is 18.2 Å². The molecule has 1 aromatic heterocycles. The Hall–Kier alpha value is -1.07. The lowest BCUT2D eigenvalue weighted by Gasteiger charge is -2.26. The third kappa shape index (κ3) is 2.96. The Morgan fingerprint density at radius 1 is 1.31 bits per heavy atom. The molecule has 16 heavy (non-hydrogen) atoms. The van der Waals surface area contributed by atoms with Crippen molar-refractivity contribution in [1.82, 2.24) is 15.2 Å². The van der Waals surface area contributed by atoms with Gasteiger partial charge in [-0.15, -0.1) is 0 Å². The first-order chi connectivity index (χ1) is 7.75. The summed E-state index contributed by atoms with van der Waals surface area (Å²) in [5, 5.41) is 3.25. The number of hydrogen-bond acceptors (Lipinski definition) is 3. The molecule has 2 heterocycles. The molecule has 0 atom stereocenters.